The van der Waals surface area contributed by atoms with E-state index in [1.807, 2.05) is 36.4 Å². The molecule has 0 aromatic heterocycles. The molecule has 0 unspecified atom stereocenters. The first kappa shape index (κ1) is 14.8. The van der Waals surface area contributed by atoms with E-state index in [0.717, 1.165) is 5.56 Å². The summed E-state index contributed by atoms with van der Waals surface area (Å²) in [5, 5.41) is 0. The van der Waals surface area contributed by atoms with Gasteiger partial charge in [-0.15, -0.1) is 0 Å². The number of benzene rings is 2. The maximum absolute atomic E-state index is 11.6. The van der Waals surface area contributed by atoms with Crippen LogP contribution in [0.2, 0.25) is 0 Å². The van der Waals surface area contributed by atoms with Gasteiger partial charge in [0.1, 0.15) is 13.2 Å². The molecule has 0 atom stereocenters. The minimum absolute atomic E-state index is 0.0152. The van der Waals surface area contributed by atoms with E-state index < -0.39 is 5.97 Å². The van der Waals surface area contributed by atoms with Crippen LogP contribution in [0.1, 0.15) is 22.3 Å². The van der Waals surface area contributed by atoms with Gasteiger partial charge in [-0.2, -0.15) is 0 Å². The summed E-state index contributed by atoms with van der Waals surface area (Å²) in [6.07, 6.45) is 0.0470. The van der Waals surface area contributed by atoms with Crippen LogP contribution in [-0.4, -0.2) is 18.5 Å². The average molecular weight is 284 g/mol. The summed E-state index contributed by atoms with van der Waals surface area (Å²) in [6, 6.07) is 18.1. The fraction of sp³-hybridized carbons (Fsp3) is 0.176. The SMILES string of the molecule is O=C(CCOC(=O)c1ccccc1)OCc1ccccc1. The third-order valence-electron chi connectivity index (χ3n) is 2.79. The largest absolute Gasteiger partial charge is 0.461 e. The van der Waals surface area contributed by atoms with E-state index in [0.29, 0.717) is 5.56 Å². The van der Waals surface area contributed by atoms with Crippen LogP contribution in [0.4, 0.5) is 0 Å². The van der Waals surface area contributed by atoms with Gasteiger partial charge in [0.05, 0.1) is 12.0 Å². The maximum Gasteiger partial charge on any atom is 0.338 e. The first-order valence-corrected chi connectivity index (χ1v) is 6.67. The van der Waals surface area contributed by atoms with Gasteiger partial charge in [0.25, 0.3) is 0 Å². The maximum atomic E-state index is 11.6. The van der Waals surface area contributed by atoms with E-state index in [4.69, 9.17) is 9.47 Å². The molecule has 0 aliphatic heterocycles. The van der Waals surface area contributed by atoms with Crippen molar-refractivity contribution in [2.24, 2.45) is 0 Å². The van der Waals surface area contributed by atoms with Crippen LogP contribution in [0.25, 0.3) is 0 Å². The molecule has 0 heterocycles. The molecule has 0 N–H and O–H groups in total. The van der Waals surface area contributed by atoms with Crippen molar-refractivity contribution in [1.29, 1.82) is 0 Å². The number of carbonyl (C=O) groups excluding carboxylic acids is 2. The fourth-order valence-electron chi connectivity index (χ4n) is 1.69. The quantitative estimate of drug-likeness (QED) is 0.765. The van der Waals surface area contributed by atoms with E-state index in [9.17, 15) is 9.59 Å². The molecule has 4 heteroatoms. The molecule has 108 valence electrons. The molecule has 0 radical (unpaired) electrons. The molecule has 0 fully saturated rings. The van der Waals surface area contributed by atoms with Crippen molar-refractivity contribution < 1.29 is 19.1 Å². The van der Waals surface area contributed by atoms with Gasteiger partial charge >= 0.3 is 11.9 Å². The highest BCUT2D eigenvalue weighted by Gasteiger charge is 2.08. The first-order valence-electron chi connectivity index (χ1n) is 6.67. The van der Waals surface area contributed by atoms with Crippen molar-refractivity contribution in [3.63, 3.8) is 0 Å². The molecule has 0 saturated heterocycles. The molecule has 0 aliphatic carbocycles. The highest BCUT2D eigenvalue weighted by atomic mass is 16.5. The van der Waals surface area contributed by atoms with Crippen LogP contribution in [-0.2, 0) is 20.9 Å². The molecule has 4 nitrogen and oxygen atoms in total. The molecule has 0 aliphatic rings. The topological polar surface area (TPSA) is 52.6 Å². The Balaban J connectivity index is 1.66. The van der Waals surface area contributed by atoms with E-state index >= 15 is 0 Å². The summed E-state index contributed by atoms with van der Waals surface area (Å²) in [6.45, 7) is 0.244. The Morgan fingerprint density at radius 3 is 2.10 bits per heavy atom. The van der Waals surface area contributed by atoms with Crippen LogP contribution in [0.3, 0.4) is 0 Å². The fourth-order valence-corrected chi connectivity index (χ4v) is 1.69. The minimum atomic E-state index is -0.438. The molecular weight excluding hydrogens is 268 g/mol. The van der Waals surface area contributed by atoms with Gasteiger partial charge in [-0.3, -0.25) is 4.79 Å². The van der Waals surface area contributed by atoms with Crippen molar-refractivity contribution >= 4 is 11.9 Å². The lowest BCUT2D eigenvalue weighted by molar-refractivity contribution is -0.145. The van der Waals surface area contributed by atoms with Gasteiger partial charge in [-0.1, -0.05) is 48.5 Å². The standard InChI is InChI=1S/C17H16O4/c18-16(21-13-14-7-3-1-4-8-14)11-12-20-17(19)15-9-5-2-6-10-15/h1-10H,11-13H2. The predicted octanol–water partition coefficient (Wildman–Crippen LogP) is 2.98. The van der Waals surface area contributed by atoms with Crippen molar-refractivity contribution in [1.82, 2.24) is 0 Å². The molecule has 0 spiro atoms. The summed E-state index contributed by atoms with van der Waals surface area (Å²) in [5.74, 6) is -0.828. The second-order valence-corrected chi connectivity index (χ2v) is 4.40. The van der Waals surface area contributed by atoms with Crippen LogP contribution in [0.5, 0.6) is 0 Å². The van der Waals surface area contributed by atoms with E-state index in [2.05, 4.69) is 0 Å². The van der Waals surface area contributed by atoms with Gasteiger partial charge in [-0.05, 0) is 17.7 Å². The van der Waals surface area contributed by atoms with E-state index in [1.54, 1.807) is 24.3 Å². The summed E-state index contributed by atoms with van der Waals surface area (Å²) in [4.78, 5) is 23.2. The van der Waals surface area contributed by atoms with Crippen molar-refractivity contribution in [3.8, 4) is 0 Å². The Hall–Kier alpha value is -2.62. The Morgan fingerprint density at radius 2 is 1.43 bits per heavy atom. The van der Waals surface area contributed by atoms with Gasteiger partial charge in [-0.25, -0.2) is 4.79 Å². The number of ether oxygens (including phenoxy) is 2. The smallest absolute Gasteiger partial charge is 0.338 e. The highest BCUT2D eigenvalue weighted by Crippen LogP contribution is 2.04. The summed E-state index contributed by atoms with van der Waals surface area (Å²) < 4.78 is 10.1. The van der Waals surface area contributed by atoms with Crippen LogP contribution >= 0.6 is 0 Å². The number of hydrogen-bond acceptors (Lipinski definition) is 4. The van der Waals surface area contributed by atoms with Gasteiger partial charge < -0.3 is 9.47 Å². The zero-order valence-electron chi connectivity index (χ0n) is 11.5. The van der Waals surface area contributed by atoms with Crippen molar-refractivity contribution in [2.45, 2.75) is 13.0 Å². The zero-order chi connectivity index (χ0) is 14.9. The van der Waals surface area contributed by atoms with Gasteiger partial charge in [0.15, 0.2) is 0 Å². The van der Waals surface area contributed by atoms with Gasteiger partial charge in [0.2, 0.25) is 0 Å². The third kappa shape index (κ3) is 5.10. The molecule has 0 amide bonds. The zero-order valence-corrected chi connectivity index (χ0v) is 11.5. The first-order chi connectivity index (χ1) is 10.3. The normalized spacial score (nSPS) is 9.90. The number of hydrogen-bond donors (Lipinski definition) is 0. The minimum Gasteiger partial charge on any atom is -0.461 e. The second-order valence-electron chi connectivity index (χ2n) is 4.40. The second kappa shape index (κ2) is 7.85. The number of rotatable bonds is 6. The lowest BCUT2D eigenvalue weighted by Crippen LogP contribution is -2.12. The number of esters is 2. The van der Waals surface area contributed by atoms with Crippen LogP contribution < -0.4 is 0 Å². The van der Waals surface area contributed by atoms with E-state index in [1.165, 1.54) is 0 Å². The number of carbonyl (C=O) groups is 2. The average Bonchev–Trinajstić information content (AvgIpc) is 2.54. The Kier molecular flexibility index (Phi) is 5.52. The third-order valence-corrected chi connectivity index (χ3v) is 2.79. The molecule has 2 rings (SSSR count). The molecule has 0 saturated carbocycles. The molecule has 2 aromatic carbocycles. The molecule has 0 bridgehead atoms. The Labute approximate surface area is 123 Å². The molecule has 21 heavy (non-hydrogen) atoms. The lowest BCUT2D eigenvalue weighted by Gasteiger charge is -2.06. The summed E-state index contributed by atoms with van der Waals surface area (Å²) in [5.41, 5.74) is 1.39. The molecular formula is C17H16O4. The molecule has 2 aromatic rings. The van der Waals surface area contributed by atoms with Crippen LogP contribution in [0.15, 0.2) is 60.7 Å². The monoisotopic (exact) mass is 284 g/mol. The van der Waals surface area contributed by atoms with E-state index in [-0.39, 0.29) is 25.6 Å². The highest BCUT2D eigenvalue weighted by molar-refractivity contribution is 5.89. The van der Waals surface area contributed by atoms with Crippen LogP contribution in [0, 0.1) is 0 Å². The van der Waals surface area contributed by atoms with Crippen molar-refractivity contribution in [2.75, 3.05) is 6.61 Å². The Morgan fingerprint density at radius 1 is 0.810 bits per heavy atom. The van der Waals surface area contributed by atoms with Crippen molar-refractivity contribution in [3.05, 3.63) is 71.8 Å². The summed E-state index contributed by atoms with van der Waals surface area (Å²) in [7, 11) is 0. The predicted molar refractivity (Wildman–Crippen MR) is 77.6 cm³/mol. The van der Waals surface area contributed by atoms with Gasteiger partial charge in [0, 0.05) is 0 Å². The Bertz CT molecular complexity index is 578. The summed E-state index contributed by atoms with van der Waals surface area (Å²) >= 11 is 0. The lowest BCUT2D eigenvalue weighted by atomic mass is 10.2.